The van der Waals surface area contributed by atoms with Gasteiger partial charge in [-0.05, 0) is 143 Å². The third kappa shape index (κ3) is 6.42. The standard InChI is InChI=1S/C49H40F2N2/c1-3-49(4-2)47-33-36(16-15-35-17-24-41(25-18-35)52(39-11-7-5-8-12-39)42-26-20-37(50)21-27-42)19-31-45(47)46-32-30-44(34-48(46)49)53(40-13-9-6-10-14-40)43-28-22-38(51)23-29-43/h5-34H,3-4H2,1-2H3/b16-15+. The predicted octanol–water partition coefficient (Wildman–Crippen LogP) is 14.2. The fourth-order valence-corrected chi connectivity index (χ4v) is 7.91. The Bertz CT molecular complexity index is 2360. The molecular weight excluding hydrogens is 655 g/mol. The summed E-state index contributed by atoms with van der Waals surface area (Å²) < 4.78 is 27.8. The summed E-state index contributed by atoms with van der Waals surface area (Å²) in [6.07, 6.45) is 6.29. The van der Waals surface area contributed by atoms with Crippen molar-refractivity contribution in [3.63, 3.8) is 0 Å². The van der Waals surface area contributed by atoms with Gasteiger partial charge in [-0.1, -0.05) is 98.8 Å². The van der Waals surface area contributed by atoms with Crippen molar-refractivity contribution >= 4 is 46.3 Å². The summed E-state index contributed by atoms with van der Waals surface area (Å²) in [6, 6.07) is 55.8. The normalized spacial score (nSPS) is 12.8. The van der Waals surface area contributed by atoms with Crippen LogP contribution >= 0.6 is 0 Å². The van der Waals surface area contributed by atoms with E-state index in [2.05, 4.69) is 121 Å². The van der Waals surface area contributed by atoms with Crippen LogP contribution in [0.4, 0.5) is 42.9 Å². The summed E-state index contributed by atoms with van der Waals surface area (Å²) in [5.41, 5.74) is 13.2. The molecule has 0 amide bonds. The van der Waals surface area contributed by atoms with Crippen LogP contribution in [0.1, 0.15) is 48.9 Å². The number of anilines is 6. The summed E-state index contributed by atoms with van der Waals surface area (Å²) in [6.45, 7) is 4.58. The molecule has 0 heterocycles. The Labute approximate surface area is 310 Å². The first kappa shape index (κ1) is 33.9. The van der Waals surface area contributed by atoms with Gasteiger partial charge in [0, 0.05) is 39.5 Å². The maximum atomic E-state index is 14.0. The molecule has 53 heavy (non-hydrogen) atoms. The van der Waals surface area contributed by atoms with E-state index in [9.17, 15) is 8.78 Å². The first-order valence-corrected chi connectivity index (χ1v) is 18.3. The Morgan fingerprint density at radius 2 is 0.792 bits per heavy atom. The van der Waals surface area contributed by atoms with Crippen molar-refractivity contribution in [3.8, 4) is 11.1 Å². The average Bonchev–Trinajstić information content (AvgIpc) is 3.48. The molecule has 7 aromatic carbocycles. The number of para-hydroxylation sites is 2. The molecule has 0 spiro atoms. The monoisotopic (exact) mass is 694 g/mol. The number of hydrogen-bond acceptors (Lipinski definition) is 2. The van der Waals surface area contributed by atoms with Gasteiger partial charge in [0.1, 0.15) is 11.6 Å². The van der Waals surface area contributed by atoms with E-state index in [-0.39, 0.29) is 17.0 Å². The minimum Gasteiger partial charge on any atom is -0.311 e. The fourth-order valence-electron chi connectivity index (χ4n) is 7.91. The van der Waals surface area contributed by atoms with Crippen molar-refractivity contribution in [2.45, 2.75) is 32.1 Å². The zero-order valence-electron chi connectivity index (χ0n) is 29.9. The second-order valence-electron chi connectivity index (χ2n) is 13.5. The van der Waals surface area contributed by atoms with Gasteiger partial charge in [-0.25, -0.2) is 8.78 Å². The molecule has 1 aliphatic carbocycles. The van der Waals surface area contributed by atoms with Gasteiger partial charge >= 0.3 is 0 Å². The van der Waals surface area contributed by atoms with Gasteiger partial charge in [0.05, 0.1) is 0 Å². The molecule has 0 radical (unpaired) electrons. The van der Waals surface area contributed by atoms with E-state index in [1.807, 2.05) is 48.5 Å². The fraction of sp³-hybridized carbons (Fsp3) is 0.102. The number of nitrogens with zero attached hydrogens (tertiary/aromatic N) is 2. The Balaban J connectivity index is 1.11. The van der Waals surface area contributed by atoms with Gasteiger partial charge < -0.3 is 9.80 Å². The minimum absolute atomic E-state index is 0.140. The molecule has 0 unspecified atom stereocenters. The highest BCUT2D eigenvalue weighted by molar-refractivity contribution is 5.87. The van der Waals surface area contributed by atoms with Crippen LogP contribution in [0.15, 0.2) is 170 Å². The van der Waals surface area contributed by atoms with E-state index in [1.165, 1.54) is 46.5 Å². The molecule has 0 atom stereocenters. The average molecular weight is 695 g/mol. The smallest absolute Gasteiger partial charge is 0.123 e. The summed E-state index contributed by atoms with van der Waals surface area (Å²) in [4.78, 5) is 4.33. The Hall–Kier alpha value is -6.26. The minimum atomic E-state index is -0.255. The third-order valence-corrected chi connectivity index (χ3v) is 10.7. The van der Waals surface area contributed by atoms with E-state index in [0.717, 1.165) is 58.1 Å². The van der Waals surface area contributed by atoms with Crippen molar-refractivity contribution in [2.24, 2.45) is 0 Å². The van der Waals surface area contributed by atoms with Crippen molar-refractivity contribution < 1.29 is 8.78 Å². The highest BCUT2D eigenvalue weighted by atomic mass is 19.1. The zero-order valence-corrected chi connectivity index (χ0v) is 29.9. The van der Waals surface area contributed by atoms with Gasteiger partial charge in [-0.3, -0.25) is 0 Å². The van der Waals surface area contributed by atoms with Crippen molar-refractivity contribution in [1.82, 2.24) is 0 Å². The van der Waals surface area contributed by atoms with E-state index < -0.39 is 0 Å². The van der Waals surface area contributed by atoms with Crippen LogP contribution < -0.4 is 9.80 Å². The SMILES string of the molecule is CCC1(CC)c2cc(/C=C/c3ccc(N(c4ccccc4)c4ccc(F)cc4)cc3)ccc2-c2ccc(N(c3ccccc3)c3ccc(F)cc3)cc21. The second kappa shape index (κ2) is 14.4. The molecule has 0 aromatic heterocycles. The first-order chi connectivity index (χ1) is 26.0. The van der Waals surface area contributed by atoms with E-state index in [0.29, 0.717) is 0 Å². The van der Waals surface area contributed by atoms with Crippen LogP contribution in [-0.2, 0) is 5.41 Å². The maximum Gasteiger partial charge on any atom is 0.123 e. The molecule has 4 heteroatoms. The predicted molar refractivity (Wildman–Crippen MR) is 218 cm³/mol. The van der Waals surface area contributed by atoms with Crippen LogP contribution in [0, 0.1) is 11.6 Å². The molecular formula is C49H40F2N2. The molecule has 0 saturated heterocycles. The Morgan fingerprint density at radius 3 is 1.30 bits per heavy atom. The van der Waals surface area contributed by atoms with E-state index >= 15 is 0 Å². The molecule has 260 valence electrons. The van der Waals surface area contributed by atoms with Gasteiger partial charge in [0.15, 0.2) is 0 Å². The molecule has 0 N–H and O–H groups in total. The summed E-state index contributed by atoms with van der Waals surface area (Å²) >= 11 is 0. The van der Waals surface area contributed by atoms with Gasteiger partial charge in [-0.2, -0.15) is 0 Å². The van der Waals surface area contributed by atoms with Crippen LogP contribution in [0.2, 0.25) is 0 Å². The highest BCUT2D eigenvalue weighted by Crippen LogP contribution is 2.54. The number of fused-ring (bicyclic) bond motifs is 3. The molecule has 1 aliphatic rings. The number of benzene rings is 7. The molecule has 0 aliphatic heterocycles. The Kier molecular flexibility index (Phi) is 9.20. The summed E-state index contributed by atoms with van der Waals surface area (Å²) in [5.74, 6) is -0.505. The zero-order chi connectivity index (χ0) is 36.4. The van der Waals surface area contributed by atoms with E-state index in [1.54, 1.807) is 12.1 Å². The quantitative estimate of drug-likeness (QED) is 0.132. The molecule has 0 fully saturated rings. The first-order valence-electron chi connectivity index (χ1n) is 18.3. The lowest BCUT2D eigenvalue weighted by atomic mass is 9.73. The van der Waals surface area contributed by atoms with Crippen molar-refractivity contribution in [2.75, 3.05) is 9.80 Å². The van der Waals surface area contributed by atoms with E-state index in [4.69, 9.17) is 0 Å². The number of hydrogen-bond donors (Lipinski definition) is 0. The lowest BCUT2D eigenvalue weighted by molar-refractivity contribution is 0.490. The number of rotatable bonds is 10. The van der Waals surface area contributed by atoms with Crippen molar-refractivity contribution in [3.05, 3.63) is 204 Å². The van der Waals surface area contributed by atoms with Crippen LogP contribution in [-0.4, -0.2) is 0 Å². The van der Waals surface area contributed by atoms with Gasteiger partial charge in [-0.15, -0.1) is 0 Å². The third-order valence-electron chi connectivity index (χ3n) is 10.7. The van der Waals surface area contributed by atoms with Crippen LogP contribution in [0.25, 0.3) is 23.3 Å². The maximum absolute atomic E-state index is 14.0. The molecule has 7 aromatic rings. The number of halogens is 2. The lowest BCUT2D eigenvalue weighted by Crippen LogP contribution is -2.23. The molecule has 8 rings (SSSR count). The highest BCUT2D eigenvalue weighted by Gasteiger charge is 2.41. The summed E-state index contributed by atoms with van der Waals surface area (Å²) in [7, 11) is 0. The van der Waals surface area contributed by atoms with Crippen LogP contribution in [0.3, 0.4) is 0 Å². The Morgan fingerprint density at radius 1 is 0.415 bits per heavy atom. The van der Waals surface area contributed by atoms with Crippen molar-refractivity contribution in [1.29, 1.82) is 0 Å². The molecule has 2 nitrogen and oxygen atoms in total. The van der Waals surface area contributed by atoms with Gasteiger partial charge in [0.2, 0.25) is 0 Å². The largest absolute Gasteiger partial charge is 0.311 e. The van der Waals surface area contributed by atoms with Gasteiger partial charge in [0.25, 0.3) is 0 Å². The van der Waals surface area contributed by atoms with Crippen LogP contribution in [0.5, 0.6) is 0 Å². The lowest BCUT2D eigenvalue weighted by Gasteiger charge is -2.32. The molecule has 0 bridgehead atoms. The summed E-state index contributed by atoms with van der Waals surface area (Å²) in [5, 5.41) is 0. The topological polar surface area (TPSA) is 6.48 Å². The second-order valence-corrected chi connectivity index (χ2v) is 13.5. The molecule has 0 saturated carbocycles.